The number of aromatic nitrogens is 2. The first kappa shape index (κ1) is 12.6. The van der Waals surface area contributed by atoms with Crippen LogP contribution >= 0.6 is 0 Å². The number of aliphatic hydroxyl groups excluding tert-OH is 1. The fraction of sp³-hybridized carbons (Fsp3) is 0.769. The van der Waals surface area contributed by atoms with Gasteiger partial charge in [-0.2, -0.15) is 5.10 Å². The zero-order valence-electron chi connectivity index (χ0n) is 11.0. The molecular formula is C13H23N3O. The van der Waals surface area contributed by atoms with Crippen molar-refractivity contribution in [2.45, 2.75) is 57.7 Å². The fourth-order valence-electron chi connectivity index (χ4n) is 2.89. The molecule has 96 valence electrons. The number of aryl methyl sites for hydroxylation is 1. The Morgan fingerprint density at radius 2 is 2.41 bits per heavy atom. The summed E-state index contributed by atoms with van der Waals surface area (Å²) in [6.45, 7) is 6.53. The normalized spacial score (nSPS) is 29.1. The largest absolute Gasteiger partial charge is 0.394 e. The summed E-state index contributed by atoms with van der Waals surface area (Å²) < 4.78 is 2.05. The number of nitrogens with one attached hydrogen (secondary N) is 1. The lowest BCUT2D eigenvalue weighted by molar-refractivity contribution is 0.151. The van der Waals surface area contributed by atoms with Crippen LogP contribution in [0.25, 0.3) is 0 Å². The standard InChI is InChI=1S/C13H23N3O/c1-10(2)15-13(9-17)5-4-12(6-13)16-8-11(3)7-14-16/h7-8,10,12,15,17H,4-6,9H2,1-3H3. The van der Waals surface area contributed by atoms with Crippen LogP contribution in [0, 0.1) is 6.92 Å². The highest BCUT2D eigenvalue weighted by atomic mass is 16.3. The number of hydrogen-bond donors (Lipinski definition) is 2. The topological polar surface area (TPSA) is 50.1 Å². The molecule has 2 atom stereocenters. The fourth-order valence-corrected chi connectivity index (χ4v) is 2.89. The molecule has 1 aliphatic carbocycles. The zero-order valence-corrected chi connectivity index (χ0v) is 11.0. The first-order valence-electron chi connectivity index (χ1n) is 6.44. The second-order valence-corrected chi connectivity index (χ2v) is 5.63. The second kappa shape index (κ2) is 4.78. The highest BCUT2D eigenvalue weighted by Crippen LogP contribution is 2.37. The Morgan fingerprint density at radius 1 is 1.65 bits per heavy atom. The summed E-state index contributed by atoms with van der Waals surface area (Å²) in [5.41, 5.74) is 1.09. The smallest absolute Gasteiger partial charge is 0.0614 e. The molecule has 1 heterocycles. The second-order valence-electron chi connectivity index (χ2n) is 5.63. The summed E-state index contributed by atoms with van der Waals surface area (Å²) in [7, 11) is 0. The van der Waals surface area contributed by atoms with Gasteiger partial charge in [0.25, 0.3) is 0 Å². The molecule has 0 bridgehead atoms. The highest BCUT2D eigenvalue weighted by Gasteiger charge is 2.39. The van der Waals surface area contributed by atoms with Crippen molar-refractivity contribution in [3.05, 3.63) is 18.0 Å². The summed E-state index contributed by atoms with van der Waals surface area (Å²) in [6, 6.07) is 0.822. The molecule has 0 radical (unpaired) electrons. The lowest BCUT2D eigenvalue weighted by Crippen LogP contribution is -2.49. The molecule has 0 aliphatic heterocycles. The molecule has 0 amide bonds. The van der Waals surface area contributed by atoms with Crippen molar-refractivity contribution in [3.8, 4) is 0 Å². The van der Waals surface area contributed by atoms with Crippen molar-refractivity contribution in [1.82, 2.24) is 15.1 Å². The molecule has 4 nitrogen and oxygen atoms in total. The van der Waals surface area contributed by atoms with Gasteiger partial charge in [-0.05, 0) is 31.7 Å². The Kier molecular flexibility index (Phi) is 3.54. The van der Waals surface area contributed by atoms with E-state index in [9.17, 15) is 5.11 Å². The van der Waals surface area contributed by atoms with Gasteiger partial charge in [0, 0.05) is 17.8 Å². The van der Waals surface area contributed by atoms with Crippen molar-refractivity contribution < 1.29 is 5.11 Å². The Balaban J connectivity index is 2.07. The number of aliphatic hydroxyl groups is 1. The first-order chi connectivity index (χ1) is 8.04. The van der Waals surface area contributed by atoms with Crippen LogP contribution in [-0.4, -0.2) is 33.1 Å². The minimum Gasteiger partial charge on any atom is -0.394 e. The molecule has 2 unspecified atom stereocenters. The van der Waals surface area contributed by atoms with E-state index in [1.807, 2.05) is 6.20 Å². The van der Waals surface area contributed by atoms with E-state index in [-0.39, 0.29) is 12.1 Å². The van der Waals surface area contributed by atoms with Gasteiger partial charge in [0.05, 0.1) is 18.8 Å². The van der Waals surface area contributed by atoms with Crippen molar-refractivity contribution in [3.63, 3.8) is 0 Å². The molecular weight excluding hydrogens is 214 g/mol. The number of nitrogens with zero attached hydrogens (tertiary/aromatic N) is 2. The van der Waals surface area contributed by atoms with E-state index in [0.29, 0.717) is 12.1 Å². The molecule has 0 saturated heterocycles. The minimum atomic E-state index is -0.112. The van der Waals surface area contributed by atoms with Gasteiger partial charge >= 0.3 is 0 Å². The van der Waals surface area contributed by atoms with Crippen molar-refractivity contribution in [2.75, 3.05) is 6.61 Å². The van der Waals surface area contributed by atoms with E-state index in [1.165, 1.54) is 5.56 Å². The van der Waals surface area contributed by atoms with Gasteiger partial charge in [-0.3, -0.25) is 4.68 Å². The summed E-state index contributed by atoms with van der Waals surface area (Å²) >= 11 is 0. The Labute approximate surface area is 103 Å². The molecule has 1 fully saturated rings. The predicted molar refractivity (Wildman–Crippen MR) is 67.9 cm³/mol. The molecule has 17 heavy (non-hydrogen) atoms. The van der Waals surface area contributed by atoms with E-state index in [1.54, 1.807) is 0 Å². The SMILES string of the molecule is Cc1cnn(C2CCC(CO)(NC(C)C)C2)c1. The molecule has 1 aromatic heterocycles. The molecule has 2 rings (SSSR count). The summed E-state index contributed by atoms with van der Waals surface area (Å²) in [6.07, 6.45) is 7.05. The maximum Gasteiger partial charge on any atom is 0.0614 e. The molecule has 1 aromatic rings. The molecule has 0 aromatic carbocycles. The van der Waals surface area contributed by atoms with Gasteiger partial charge in [-0.1, -0.05) is 13.8 Å². The quantitative estimate of drug-likeness (QED) is 0.837. The van der Waals surface area contributed by atoms with Gasteiger partial charge in [0.1, 0.15) is 0 Å². The van der Waals surface area contributed by atoms with Crippen LogP contribution in [0.1, 0.15) is 44.7 Å². The Hall–Kier alpha value is -0.870. The zero-order chi connectivity index (χ0) is 12.5. The maximum absolute atomic E-state index is 9.64. The van der Waals surface area contributed by atoms with E-state index in [0.717, 1.165) is 19.3 Å². The summed E-state index contributed by atoms with van der Waals surface area (Å²) in [5, 5.41) is 17.5. The summed E-state index contributed by atoms with van der Waals surface area (Å²) in [5.74, 6) is 0. The van der Waals surface area contributed by atoms with Gasteiger partial charge in [0.2, 0.25) is 0 Å². The van der Waals surface area contributed by atoms with Crippen LogP contribution in [0.15, 0.2) is 12.4 Å². The molecule has 0 spiro atoms. The highest BCUT2D eigenvalue weighted by molar-refractivity contribution is 5.04. The van der Waals surface area contributed by atoms with Crippen LogP contribution in [0.3, 0.4) is 0 Å². The van der Waals surface area contributed by atoms with Crippen LogP contribution in [0.5, 0.6) is 0 Å². The van der Waals surface area contributed by atoms with Crippen LogP contribution < -0.4 is 5.32 Å². The van der Waals surface area contributed by atoms with E-state index < -0.39 is 0 Å². The van der Waals surface area contributed by atoms with Gasteiger partial charge < -0.3 is 10.4 Å². The predicted octanol–water partition coefficient (Wildman–Crippen LogP) is 1.65. The Morgan fingerprint density at radius 3 is 2.94 bits per heavy atom. The average Bonchev–Trinajstić information content (AvgIpc) is 2.85. The van der Waals surface area contributed by atoms with E-state index >= 15 is 0 Å². The molecule has 4 heteroatoms. The van der Waals surface area contributed by atoms with Crippen molar-refractivity contribution in [2.24, 2.45) is 0 Å². The monoisotopic (exact) mass is 237 g/mol. The van der Waals surface area contributed by atoms with Gasteiger partial charge in [-0.25, -0.2) is 0 Å². The van der Waals surface area contributed by atoms with Gasteiger partial charge in [-0.15, -0.1) is 0 Å². The lowest BCUT2D eigenvalue weighted by Gasteiger charge is -2.31. The molecule has 2 N–H and O–H groups in total. The van der Waals surface area contributed by atoms with Crippen LogP contribution in [0.2, 0.25) is 0 Å². The third-order valence-corrected chi connectivity index (χ3v) is 3.58. The van der Waals surface area contributed by atoms with E-state index in [2.05, 4.69) is 42.1 Å². The maximum atomic E-state index is 9.64. The van der Waals surface area contributed by atoms with Crippen LogP contribution in [0.4, 0.5) is 0 Å². The van der Waals surface area contributed by atoms with Crippen molar-refractivity contribution >= 4 is 0 Å². The third-order valence-electron chi connectivity index (χ3n) is 3.58. The van der Waals surface area contributed by atoms with Gasteiger partial charge in [0.15, 0.2) is 0 Å². The summed E-state index contributed by atoms with van der Waals surface area (Å²) in [4.78, 5) is 0. The number of hydrogen-bond acceptors (Lipinski definition) is 3. The molecule has 1 saturated carbocycles. The molecule has 1 aliphatic rings. The lowest BCUT2D eigenvalue weighted by atomic mass is 9.97. The van der Waals surface area contributed by atoms with Crippen LogP contribution in [-0.2, 0) is 0 Å². The van der Waals surface area contributed by atoms with Crippen molar-refractivity contribution in [1.29, 1.82) is 0 Å². The van der Waals surface area contributed by atoms with E-state index in [4.69, 9.17) is 0 Å². The minimum absolute atomic E-state index is 0.112. The third kappa shape index (κ3) is 2.69. The Bertz CT molecular complexity index is 374. The first-order valence-corrected chi connectivity index (χ1v) is 6.44. The average molecular weight is 237 g/mol. The number of rotatable bonds is 4.